The number of ether oxygens (including phenoxy) is 1. The Kier molecular flexibility index (Phi) is 3.51. The standard InChI is InChI=1S/C23H29N6OS/c1-2-21(29-14-26-11-27(15-29)13-28(12-26)16-29)31-20(1)18-7-17-8-23(30-22(17)24-9-18)10-25-5-3-19(23)4-6-25/h1-2,7,9,19H,3-6,8,10-16H2/q+1/t23-/m0/s1. The quantitative estimate of drug-likeness (QED) is 0.671. The largest absolute Gasteiger partial charge is 0.469 e. The summed E-state index contributed by atoms with van der Waals surface area (Å²) in [5.41, 5.74) is 2.55. The van der Waals surface area contributed by atoms with Crippen molar-refractivity contribution in [2.75, 3.05) is 59.6 Å². The number of nitrogens with zero attached hydrogens (tertiary/aromatic N) is 6. The lowest BCUT2D eigenvalue weighted by atomic mass is 9.73. The van der Waals surface area contributed by atoms with E-state index in [4.69, 9.17) is 9.72 Å². The first-order valence-electron chi connectivity index (χ1n) is 11.7. The second-order valence-corrected chi connectivity index (χ2v) is 11.8. The van der Waals surface area contributed by atoms with Crippen LogP contribution in [0.3, 0.4) is 0 Å². The summed E-state index contributed by atoms with van der Waals surface area (Å²) in [6, 6.07) is 7.06. The number of hydrogen-bond acceptors (Lipinski definition) is 7. The molecule has 0 amide bonds. The highest BCUT2D eigenvalue weighted by atomic mass is 32.1. The third-order valence-electron chi connectivity index (χ3n) is 8.49. The lowest BCUT2D eigenvalue weighted by Crippen LogP contribution is -2.80. The Bertz CT molecular complexity index is 1030. The molecule has 10 heterocycles. The van der Waals surface area contributed by atoms with Gasteiger partial charge in [-0.3, -0.25) is 4.90 Å². The van der Waals surface area contributed by atoms with Gasteiger partial charge in [0.1, 0.15) is 25.6 Å². The van der Waals surface area contributed by atoms with Gasteiger partial charge in [0, 0.05) is 47.2 Å². The van der Waals surface area contributed by atoms with Crippen molar-refractivity contribution in [3.8, 4) is 16.3 Å². The molecule has 0 unspecified atom stereocenters. The Morgan fingerprint density at radius 3 is 2.42 bits per heavy atom. The van der Waals surface area contributed by atoms with Crippen LogP contribution in [0.4, 0.5) is 5.00 Å². The van der Waals surface area contributed by atoms with Gasteiger partial charge < -0.3 is 4.74 Å². The van der Waals surface area contributed by atoms with E-state index in [2.05, 4.69) is 37.8 Å². The third kappa shape index (κ3) is 2.54. The van der Waals surface area contributed by atoms with E-state index in [1.165, 1.54) is 46.9 Å². The first kappa shape index (κ1) is 17.9. The Morgan fingerprint density at radius 1 is 1.00 bits per heavy atom. The molecule has 10 rings (SSSR count). The molecular weight excluding hydrogens is 408 g/mol. The molecule has 8 heteroatoms. The minimum absolute atomic E-state index is 0.0154. The zero-order chi connectivity index (χ0) is 20.2. The lowest BCUT2D eigenvalue weighted by molar-refractivity contribution is -0.188. The average molecular weight is 438 g/mol. The van der Waals surface area contributed by atoms with Gasteiger partial charge in [-0.15, -0.1) is 0 Å². The summed E-state index contributed by atoms with van der Waals surface area (Å²) in [5.74, 6) is 1.58. The summed E-state index contributed by atoms with van der Waals surface area (Å²) < 4.78 is 7.62. The zero-order valence-corrected chi connectivity index (χ0v) is 18.7. The van der Waals surface area contributed by atoms with Crippen molar-refractivity contribution in [2.45, 2.75) is 24.9 Å². The number of aromatic nitrogens is 1. The Labute approximate surface area is 187 Å². The molecule has 2 aromatic heterocycles. The maximum Gasteiger partial charge on any atom is 0.217 e. The first-order valence-corrected chi connectivity index (χ1v) is 12.5. The van der Waals surface area contributed by atoms with Crippen LogP contribution in [-0.2, 0) is 6.42 Å². The van der Waals surface area contributed by atoms with Crippen LogP contribution in [-0.4, -0.2) is 89.8 Å². The van der Waals surface area contributed by atoms with Gasteiger partial charge >= 0.3 is 0 Å². The van der Waals surface area contributed by atoms with Crippen LogP contribution in [0.15, 0.2) is 24.4 Å². The number of fused-ring (bicyclic) bond motifs is 3. The van der Waals surface area contributed by atoms with Crippen LogP contribution in [0, 0.1) is 5.92 Å². The van der Waals surface area contributed by atoms with Gasteiger partial charge in [-0.2, -0.15) is 0 Å². The molecule has 2 aromatic rings. The van der Waals surface area contributed by atoms with E-state index in [0.717, 1.165) is 63.3 Å². The van der Waals surface area contributed by atoms with E-state index in [1.54, 1.807) is 0 Å². The fourth-order valence-electron chi connectivity index (χ4n) is 7.32. The van der Waals surface area contributed by atoms with Crippen molar-refractivity contribution in [1.29, 1.82) is 0 Å². The van der Waals surface area contributed by atoms with Gasteiger partial charge in [0.05, 0.1) is 20.0 Å². The summed E-state index contributed by atoms with van der Waals surface area (Å²) in [4.78, 5) is 16.5. The average Bonchev–Trinajstić information content (AvgIpc) is 3.38. The maximum atomic E-state index is 6.56. The van der Waals surface area contributed by atoms with Crippen molar-refractivity contribution < 1.29 is 4.74 Å². The molecule has 7 saturated heterocycles. The van der Waals surface area contributed by atoms with Gasteiger partial charge in [-0.25, -0.2) is 24.2 Å². The Hall–Kier alpha value is -1.55. The monoisotopic (exact) mass is 437 g/mol. The lowest BCUT2D eigenvalue weighted by Gasteiger charge is -2.59. The van der Waals surface area contributed by atoms with E-state index >= 15 is 0 Å². The van der Waals surface area contributed by atoms with Crippen molar-refractivity contribution in [3.05, 3.63) is 30.0 Å². The van der Waals surface area contributed by atoms with Crippen LogP contribution in [0.2, 0.25) is 0 Å². The Balaban J connectivity index is 1.10. The highest BCUT2D eigenvalue weighted by Crippen LogP contribution is 2.47. The van der Waals surface area contributed by atoms with E-state index < -0.39 is 0 Å². The number of rotatable bonds is 2. The molecule has 31 heavy (non-hydrogen) atoms. The number of thiophene rings is 1. The molecule has 0 aliphatic carbocycles. The van der Waals surface area contributed by atoms with E-state index in [-0.39, 0.29) is 5.60 Å². The molecule has 8 aliphatic heterocycles. The molecular formula is C23H29N6OS+. The molecule has 7 nitrogen and oxygen atoms in total. The van der Waals surface area contributed by atoms with Gasteiger partial charge in [-0.1, -0.05) is 11.3 Å². The SMILES string of the molecule is c1nc2c(cc1-c1ccc([N+]34CN5CN(CN(C5)C3)C4)s1)C[C@@]1(CN3CCC1CC3)O2. The van der Waals surface area contributed by atoms with Crippen LogP contribution in [0.1, 0.15) is 18.4 Å². The summed E-state index contributed by atoms with van der Waals surface area (Å²) >= 11 is 1.96. The molecule has 6 bridgehead atoms. The van der Waals surface area contributed by atoms with E-state index in [9.17, 15) is 0 Å². The molecule has 0 saturated carbocycles. The van der Waals surface area contributed by atoms with Crippen LogP contribution in [0.25, 0.3) is 10.4 Å². The summed E-state index contributed by atoms with van der Waals surface area (Å²) in [5, 5.41) is 1.49. The second-order valence-electron chi connectivity index (χ2n) is 10.7. The van der Waals surface area contributed by atoms with Gasteiger partial charge in [-0.05, 0) is 38.1 Å². The van der Waals surface area contributed by atoms with Crippen molar-refractivity contribution in [1.82, 2.24) is 29.1 Å². The number of pyridine rings is 1. The van der Waals surface area contributed by atoms with Crippen LogP contribution < -0.4 is 9.22 Å². The molecule has 1 spiro atoms. The van der Waals surface area contributed by atoms with Gasteiger partial charge in [0.15, 0.2) is 5.00 Å². The fourth-order valence-corrected chi connectivity index (χ4v) is 8.42. The van der Waals surface area contributed by atoms with Crippen molar-refractivity contribution >= 4 is 16.3 Å². The predicted molar refractivity (Wildman–Crippen MR) is 120 cm³/mol. The molecule has 8 aliphatic rings. The number of hydrogen-bond donors (Lipinski definition) is 0. The summed E-state index contributed by atoms with van der Waals surface area (Å²) in [6.45, 7) is 10.4. The zero-order valence-electron chi connectivity index (χ0n) is 17.9. The maximum absolute atomic E-state index is 6.56. The third-order valence-corrected chi connectivity index (χ3v) is 9.82. The number of piperidine rings is 3. The van der Waals surface area contributed by atoms with Crippen molar-refractivity contribution in [2.24, 2.45) is 5.92 Å². The smallest absolute Gasteiger partial charge is 0.217 e. The van der Waals surface area contributed by atoms with Gasteiger partial charge in [0.25, 0.3) is 0 Å². The second kappa shape index (κ2) is 6.07. The molecule has 0 N–H and O–H groups in total. The van der Waals surface area contributed by atoms with Crippen LogP contribution in [0.5, 0.6) is 5.88 Å². The van der Waals surface area contributed by atoms with Crippen molar-refractivity contribution in [3.63, 3.8) is 0 Å². The van der Waals surface area contributed by atoms with E-state index in [0.29, 0.717) is 5.92 Å². The molecule has 0 aromatic carbocycles. The molecule has 1 atom stereocenters. The molecule has 162 valence electrons. The highest BCUT2D eigenvalue weighted by molar-refractivity contribution is 7.19. The fraction of sp³-hybridized carbons (Fsp3) is 0.609. The molecule has 0 radical (unpaired) electrons. The van der Waals surface area contributed by atoms with Gasteiger partial charge in [0.2, 0.25) is 5.88 Å². The predicted octanol–water partition coefficient (Wildman–Crippen LogP) is 2.21. The normalized spacial score (nSPS) is 44.1. The van der Waals surface area contributed by atoms with Crippen LogP contribution >= 0.6 is 11.3 Å². The summed E-state index contributed by atoms with van der Waals surface area (Å²) in [6.07, 6.45) is 5.62. The topological polar surface area (TPSA) is 35.1 Å². The minimum Gasteiger partial charge on any atom is -0.469 e. The van der Waals surface area contributed by atoms with E-state index in [1.807, 2.05) is 17.5 Å². The molecule has 7 fully saturated rings. The highest BCUT2D eigenvalue weighted by Gasteiger charge is 2.53. The Morgan fingerprint density at radius 2 is 1.74 bits per heavy atom. The minimum atomic E-state index is -0.0154. The number of quaternary nitrogens is 1. The summed E-state index contributed by atoms with van der Waals surface area (Å²) in [7, 11) is 0. The first-order chi connectivity index (χ1) is 15.2.